The Morgan fingerprint density at radius 1 is 1.00 bits per heavy atom. The molecule has 0 spiro atoms. The van der Waals surface area contributed by atoms with Gasteiger partial charge in [-0.1, -0.05) is 12.1 Å². The second kappa shape index (κ2) is 9.61. The van der Waals surface area contributed by atoms with Crippen molar-refractivity contribution in [1.29, 1.82) is 0 Å². The van der Waals surface area contributed by atoms with E-state index in [4.69, 9.17) is 9.97 Å². The van der Waals surface area contributed by atoms with Gasteiger partial charge in [-0.05, 0) is 69.4 Å². The van der Waals surface area contributed by atoms with E-state index in [2.05, 4.69) is 20.2 Å². The SMILES string of the molecule is OCC1CCC(n2c(Nc3ccccc3F)nc3cnc(NC4CCC(O)CC4)nc32)CC1. The van der Waals surface area contributed by atoms with E-state index < -0.39 is 0 Å². The zero-order valence-electron chi connectivity index (χ0n) is 18.6. The molecule has 2 heterocycles. The molecule has 33 heavy (non-hydrogen) atoms. The number of aromatic nitrogens is 4. The number of nitrogens with one attached hydrogen (secondary N) is 2. The minimum Gasteiger partial charge on any atom is -0.396 e. The van der Waals surface area contributed by atoms with Gasteiger partial charge in [-0.15, -0.1) is 0 Å². The summed E-state index contributed by atoms with van der Waals surface area (Å²) in [5.41, 5.74) is 1.74. The predicted molar refractivity (Wildman–Crippen MR) is 125 cm³/mol. The number of halogens is 1. The van der Waals surface area contributed by atoms with Crippen molar-refractivity contribution in [3.8, 4) is 0 Å². The van der Waals surface area contributed by atoms with Crippen molar-refractivity contribution >= 4 is 28.7 Å². The second-order valence-corrected chi connectivity index (χ2v) is 9.32. The van der Waals surface area contributed by atoms with Crippen molar-refractivity contribution in [2.24, 2.45) is 5.92 Å². The Kier molecular flexibility index (Phi) is 6.41. The average molecular weight is 455 g/mol. The zero-order valence-corrected chi connectivity index (χ0v) is 18.6. The fourth-order valence-corrected chi connectivity index (χ4v) is 5.07. The van der Waals surface area contributed by atoms with Gasteiger partial charge in [0.2, 0.25) is 11.9 Å². The number of aliphatic hydroxyl groups excluding tert-OH is 2. The fraction of sp³-hybridized carbons (Fsp3) is 0.542. The summed E-state index contributed by atoms with van der Waals surface area (Å²) in [6.07, 6.45) is 8.48. The molecule has 0 radical (unpaired) electrons. The van der Waals surface area contributed by atoms with Crippen LogP contribution in [0.3, 0.4) is 0 Å². The van der Waals surface area contributed by atoms with Crippen molar-refractivity contribution in [1.82, 2.24) is 19.5 Å². The predicted octanol–water partition coefficient (Wildman–Crippen LogP) is 4.15. The van der Waals surface area contributed by atoms with Crippen LogP contribution in [0.2, 0.25) is 0 Å². The number of hydrogen-bond donors (Lipinski definition) is 4. The first-order valence-electron chi connectivity index (χ1n) is 11.9. The molecule has 0 unspecified atom stereocenters. The van der Waals surface area contributed by atoms with Gasteiger partial charge in [-0.2, -0.15) is 4.98 Å². The van der Waals surface area contributed by atoms with E-state index in [0.29, 0.717) is 29.0 Å². The van der Waals surface area contributed by atoms with E-state index in [1.165, 1.54) is 6.07 Å². The third-order valence-electron chi connectivity index (χ3n) is 7.02. The number of anilines is 3. The lowest BCUT2D eigenvalue weighted by Crippen LogP contribution is -2.29. The van der Waals surface area contributed by atoms with Crippen LogP contribution in [0.25, 0.3) is 11.2 Å². The topological polar surface area (TPSA) is 108 Å². The van der Waals surface area contributed by atoms with Crippen molar-refractivity contribution in [2.75, 3.05) is 17.2 Å². The number of benzene rings is 1. The third-order valence-corrected chi connectivity index (χ3v) is 7.02. The Morgan fingerprint density at radius 2 is 1.76 bits per heavy atom. The Hall–Kier alpha value is -2.78. The lowest BCUT2D eigenvalue weighted by molar-refractivity contribution is 0.126. The molecule has 2 fully saturated rings. The van der Waals surface area contributed by atoms with Gasteiger partial charge in [-0.3, -0.25) is 4.57 Å². The highest BCUT2D eigenvalue weighted by atomic mass is 19.1. The molecule has 0 amide bonds. The molecule has 3 aromatic rings. The number of para-hydroxylation sites is 1. The summed E-state index contributed by atoms with van der Waals surface area (Å²) >= 11 is 0. The lowest BCUT2D eigenvalue weighted by Gasteiger charge is -2.29. The van der Waals surface area contributed by atoms with Crippen LogP contribution >= 0.6 is 0 Å². The Labute approximate surface area is 192 Å². The summed E-state index contributed by atoms with van der Waals surface area (Å²) in [4.78, 5) is 14.0. The van der Waals surface area contributed by atoms with Crippen LogP contribution in [0.4, 0.5) is 22.0 Å². The highest BCUT2D eigenvalue weighted by Gasteiger charge is 2.27. The van der Waals surface area contributed by atoms with E-state index in [-0.39, 0.29) is 30.6 Å². The first-order valence-corrected chi connectivity index (χ1v) is 11.9. The first-order chi connectivity index (χ1) is 16.1. The molecule has 1 aromatic carbocycles. The van der Waals surface area contributed by atoms with Crippen molar-refractivity contribution in [3.63, 3.8) is 0 Å². The Morgan fingerprint density at radius 3 is 2.48 bits per heavy atom. The number of nitrogens with zero attached hydrogens (tertiary/aromatic N) is 4. The smallest absolute Gasteiger partial charge is 0.224 e. The minimum atomic E-state index is -0.340. The molecule has 2 aliphatic carbocycles. The highest BCUT2D eigenvalue weighted by Crippen LogP contribution is 2.37. The van der Waals surface area contributed by atoms with Gasteiger partial charge in [0.25, 0.3) is 0 Å². The number of aliphatic hydroxyl groups is 2. The first kappa shape index (κ1) is 22.0. The number of hydrogen-bond acceptors (Lipinski definition) is 7. The van der Waals surface area contributed by atoms with E-state index in [1.807, 2.05) is 0 Å². The minimum absolute atomic E-state index is 0.152. The molecule has 2 aliphatic rings. The quantitative estimate of drug-likeness (QED) is 0.443. The number of fused-ring (bicyclic) bond motifs is 1. The van der Waals surface area contributed by atoms with Crippen LogP contribution in [0.15, 0.2) is 30.5 Å². The summed E-state index contributed by atoms with van der Waals surface area (Å²) in [5, 5.41) is 25.9. The van der Waals surface area contributed by atoms with E-state index in [0.717, 1.165) is 57.0 Å². The largest absolute Gasteiger partial charge is 0.396 e. The van der Waals surface area contributed by atoms with Gasteiger partial charge < -0.3 is 20.8 Å². The maximum Gasteiger partial charge on any atom is 0.224 e. The molecule has 0 bridgehead atoms. The molecule has 0 atom stereocenters. The maximum atomic E-state index is 14.4. The standard InChI is InChI=1S/C24H31FN6O2/c25-19-3-1-2-4-20(19)28-24-29-21-13-26-23(27-16-7-11-18(33)12-8-16)30-22(21)31(24)17-9-5-15(14-32)6-10-17/h1-4,13,15-18,32-33H,5-12,14H2,(H,28,29)(H,26,27,30). The van der Waals surface area contributed by atoms with Crippen LogP contribution < -0.4 is 10.6 Å². The van der Waals surface area contributed by atoms with Gasteiger partial charge in [0.1, 0.15) is 11.3 Å². The molecule has 4 N–H and O–H groups in total. The molecule has 2 saturated carbocycles. The van der Waals surface area contributed by atoms with Crippen molar-refractivity contribution in [3.05, 3.63) is 36.3 Å². The molecule has 0 aliphatic heterocycles. The molecular formula is C24H31FN6O2. The summed E-state index contributed by atoms with van der Waals surface area (Å²) < 4.78 is 16.4. The fourth-order valence-electron chi connectivity index (χ4n) is 5.07. The zero-order chi connectivity index (χ0) is 22.8. The van der Waals surface area contributed by atoms with Gasteiger partial charge in [0.15, 0.2) is 5.65 Å². The van der Waals surface area contributed by atoms with E-state index in [9.17, 15) is 14.6 Å². The second-order valence-electron chi connectivity index (χ2n) is 9.32. The van der Waals surface area contributed by atoms with E-state index >= 15 is 0 Å². The monoisotopic (exact) mass is 454 g/mol. The molecule has 176 valence electrons. The summed E-state index contributed by atoms with van der Waals surface area (Å²) in [6, 6.07) is 6.95. The third kappa shape index (κ3) is 4.79. The van der Waals surface area contributed by atoms with E-state index in [1.54, 1.807) is 24.4 Å². The van der Waals surface area contributed by atoms with Crippen molar-refractivity contribution in [2.45, 2.75) is 69.6 Å². The summed E-state index contributed by atoms with van der Waals surface area (Å²) in [5.74, 6) is 1.09. The summed E-state index contributed by atoms with van der Waals surface area (Å²) in [7, 11) is 0. The molecule has 8 nitrogen and oxygen atoms in total. The molecular weight excluding hydrogens is 423 g/mol. The van der Waals surface area contributed by atoms with Crippen molar-refractivity contribution < 1.29 is 14.6 Å². The van der Waals surface area contributed by atoms with Gasteiger partial charge >= 0.3 is 0 Å². The molecule has 0 saturated heterocycles. The van der Waals surface area contributed by atoms with Gasteiger partial charge in [0.05, 0.1) is 18.0 Å². The van der Waals surface area contributed by atoms with Gasteiger partial charge in [0, 0.05) is 18.7 Å². The summed E-state index contributed by atoms with van der Waals surface area (Å²) in [6.45, 7) is 0.212. The Balaban J connectivity index is 1.48. The molecule has 2 aromatic heterocycles. The molecule has 5 rings (SSSR count). The molecule has 9 heteroatoms. The Bertz CT molecular complexity index is 1090. The van der Waals surface area contributed by atoms with Crippen LogP contribution in [0, 0.1) is 11.7 Å². The normalized spacial score (nSPS) is 25.8. The average Bonchev–Trinajstić information content (AvgIpc) is 3.19. The lowest BCUT2D eigenvalue weighted by atomic mass is 9.86. The van der Waals surface area contributed by atoms with Crippen LogP contribution in [0.1, 0.15) is 57.4 Å². The van der Waals surface area contributed by atoms with Crippen LogP contribution in [-0.4, -0.2) is 48.5 Å². The number of imidazole rings is 1. The van der Waals surface area contributed by atoms with Crippen LogP contribution in [-0.2, 0) is 0 Å². The number of rotatable bonds is 6. The maximum absolute atomic E-state index is 14.4. The van der Waals surface area contributed by atoms with Gasteiger partial charge in [-0.25, -0.2) is 14.4 Å². The van der Waals surface area contributed by atoms with Crippen LogP contribution in [0.5, 0.6) is 0 Å². The highest BCUT2D eigenvalue weighted by molar-refractivity contribution is 5.76.